The Labute approximate surface area is 135 Å². The molecule has 4 heteroatoms. The van der Waals surface area contributed by atoms with Crippen molar-refractivity contribution < 1.29 is 9.59 Å². The molecule has 2 aromatic rings. The van der Waals surface area contributed by atoms with Crippen molar-refractivity contribution in [2.75, 3.05) is 0 Å². The van der Waals surface area contributed by atoms with Crippen LogP contribution in [0.25, 0.3) is 0 Å². The zero-order valence-electron chi connectivity index (χ0n) is 13.3. The van der Waals surface area contributed by atoms with E-state index in [9.17, 15) is 9.59 Å². The Kier molecular flexibility index (Phi) is 5.61. The highest BCUT2D eigenvalue weighted by Gasteiger charge is 2.16. The minimum atomic E-state index is 0.0964. The van der Waals surface area contributed by atoms with Gasteiger partial charge in [0, 0.05) is 30.0 Å². The number of hydrogen-bond acceptors (Lipinski definition) is 4. The Balaban J connectivity index is 2.16. The molecule has 0 amide bonds. The van der Waals surface area contributed by atoms with Gasteiger partial charge in [-0.05, 0) is 18.4 Å². The van der Waals surface area contributed by atoms with Crippen LogP contribution in [0.5, 0.6) is 0 Å². The van der Waals surface area contributed by atoms with E-state index in [1.165, 1.54) is 11.3 Å². The maximum atomic E-state index is 12.4. The van der Waals surface area contributed by atoms with E-state index in [1.54, 1.807) is 6.20 Å². The van der Waals surface area contributed by atoms with Gasteiger partial charge in [0.15, 0.2) is 5.78 Å². The molecule has 0 aliphatic rings. The van der Waals surface area contributed by atoms with Gasteiger partial charge in [0.25, 0.3) is 0 Å². The predicted molar refractivity (Wildman–Crippen MR) is 89.5 cm³/mol. The predicted octanol–water partition coefficient (Wildman–Crippen LogP) is 4.03. The highest BCUT2D eigenvalue weighted by Crippen LogP contribution is 2.18. The lowest BCUT2D eigenvalue weighted by Gasteiger charge is -2.11. The molecule has 3 nitrogen and oxygen atoms in total. The minimum absolute atomic E-state index is 0.0964. The third kappa shape index (κ3) is 4.60. The lowest BCUT2D eigenvalue weighted by atomic mass is 9.93. The van der Waals surface area contributed by atoms with E-state index >= 15 is 0 Å². The van der Waals surface area contributed by atoms with Crippen LogP contribution in [0.3, 0.4) is 0 Å². The largest absolute Gasteiger partial charge is 0.299 e. The van der Waals surface area contributed by atoms with Gasteiger partial charge in [-0.3, -0.25) is 9.59 Å². The van der Waals surface area contributed by atoms with Crippen molar-refractivity contribution in [3.63, 3.8) is 0 Å². The number of benzene rings is 1. The van der Waals surface area contributed by atoms with E-state index in [2.05, 4.69) is 4.98 Å². The van der Waals surface area contributed by atoms with Crippen LogP contribution in [-0.4, -0.2) is 16.6 Å². The summed E-state index contributed by atoms with van der Waals surface area (Å²) in [6.07, 6.45) is 2.85. The van der Waals surface area contributed by atoms with Gasteiger partial charge in [0.1, 0.15) is 5.78 Å². The standard InChI is InChI=1S/C18H21NO2S/c1-12(2)8-17(21)16-5-4-13(3)9-14(16)10-15(20)11-18-19-6-7-22-18/h4-7,9,12H,8,10-11H2,1-3H3. The van der Waals surface area contributed by atoms with Crippen LogP contribution in [0.15, 0.2) is 29.8 Å². The van der Waals surface area contributed by atoms with Gasteiger partial charge in [-0.1, -0.05) is 37.6 Å². The number of aryl methyl sites for hydroxylation is 1. The molecule has 0 radical (unpaired) electrons. The molecule has 0 fully saturated rings. The van der Waals surface area contributed by atoms with Crippen LogP contribution in [0.1, 0.15) is 46.8 Å². The van der Waals surface area contributed by atoms with E-state index in [0.717, 1.165) is 16.1 Å². The van der Waals surface area contributed by atoms with E-state index in [0.29, 0.717) is 30.7 Å². The van der Waals surface area contributed by atoms with E-state index in [4.69, 9.17) is 0 Å². The van der Waals surface area contributed by atoms with Crippen molar-refractivity contribution in [3.8, 4) is 0 Å². The SMILES string of the molecule is Cc1ccc(C(=O)CC(C)C)c(CC(=O)Cc2nccs2)c1. The molecule has 0 spiro atoms. The average Bonchev–Trinajstić information content (AvgIpc) is 2.90. The van der Waals surface area contributed by atoms with Gasteiger partial charge in [-0.2, -0.15) is 0 Å². The van der Waals surface area contributed by atoms with E-state index < -0.39 is 0 Å². The Bertz CT molecular complexity index is 660. The highest BCUT2D eigenvalue weighted by atomic mass is 32.1. The Morgan fingerprint density at radius 3 is 2.64 bits per heavy atom. The molecule has 116 valence electrons. The summed E-state index contributed by atoms with van der Waals surface area (Å²) in [5.41, 5.74) is 2.59. The maximum absolute atomic E-state index is 12.4. The van der Waals surface area contributed by atoms with Gasteiger partial charge in [0.2, 0.25) is 0 Å². The van der Waals surface area contributed by atoms with Crippen molar-refractivity contribution in [2.45, 2.75) is 40.0 Å². The van der Waals surface area contributed by atoms with Crippen molar-refractivity contribution in [1.82, 2.24) is 4.98 Å². The zero-order chi connectivity index (χ0) is 16.1. The molecule has 2 rings (SSSR count). The third-order valence-corrected chi connectivity index (χ3v) is 4.15. The number of carbonyl (C=O) groups excluding carboxylic acids is 2. The fourth-order valence-electron chi connectivity index (χ4n) is 2.41. The molecule has 1 aromatic heterocycles. The number of aromatic nitrogens is 1. The topological polar surface area (TPSA) is 47.0 Å². The first-order valence-corrected chi connectivity index (χ1v) is 8.36. The van der Waals surface area contributed by atoms with Crippen LogP contribution in [0.4, 0.5) is 0 Å². The van der Waals surface area contributed by atoms with E-state index in [-0.39, 0.29) is 11.6 Å². The number of thiazole rings is 1. The molecule has 0 bridgehead atoms. The molecule has 22 heavy (non-hydrogen) atoms. The van der Waals surface area contributed by atoms with Crippen LogP contribution in [0, 0.1) is 12.8 Å². The van der Waals surface area contributed by atoms with Crippen LogP contribution in [0.2, 0.25) is 0 Å². The molecule has 0 saturated heterocycles. The summed E-state index contributed by atoms with van der Waals surface area (Å²) in [5.74, 6) is 0.527. The van der Waals surface area contributed by atoms with Gasteiger partial charge in [-0.25, -0.2) is 4.98 Å². The van der Waals surface area contributed by atoms with Crippen LogP contribution < -0.4 is 0 Å². The number of Topliss-reactive ketones (excluding diaryl/α,β-unsaturated/α-hetero) is 2. The van der Waals surface area contributed by atoms with Gasteiger partial charge < -0.3 is 0 Å². The Hall–Kier alpha value is -1.81. The number of ketones is 2. The number of rotatable bonds is 7. The van der Waals surface area contributed by atoms with Crippen LogP contribution >= 0.6 is 11.3 Å². The molecule has 0 aliphatic heterocycles. The number of carbonyl (C=O) groups is 2. The third-order valence-electron chi connectivity index (χ3n) is 3.37. The second-order valence-corrected chi connectivity index (χ2v) is 6.98. The summed E-state index contributed by atoms with van der Waals surface area (Å²) in [4.78, 5) is 28.8. The summed E-state index contributed by atoms with van der Waals surface area (Å²) in [6.45, 7) is 6.03. The smallest absolute Gasteiger partial charge is 0.163 e. The number of nitrogens with zero attached hydrogens (tertiary/aromatic N) is 1. The van der Waals surface area contributed by atoms with Crippen molar-refractivity contribution in [1.29, 1.82) is 0 Å². The minimum Gasteiger partial charge on any atom is -0.299 e. The van der Waals surface area contributed by atoms with Gasteiger partial charge in [-0.15, -0.1) is 11.3 Å². The Morgan fingerprint density at radius 1 is 1.23 bits per heavy atom. The zero-order valence-corrected chi connectivity index (χ0v) is 14.1. The number of hydrogen-bond donors (Lipinski definition) is 0. The first-order valence-electron chi connectivity index (χ1n) is 7.48. The quantitative estimate of drug-likeness (QED) is 0.725. The maximum Gasteiger partial charge on any atom is 0.163 e. The molecule has 0 saturated carbocycles. The summed E-state index contributed by atoms with van der Waals surface area (Å²) < 4.78 is 0. The monoisotopic (exact) mass is 315 g/mol. The fraction of sp³-hybridized carbons (Fsp3) is 0.389. The van der Waals surface area contributed by atoms with E-state index in [1.807, 2.05) is 44.4 Å². The molecule has 1 heterocycles. The summed E-state index contributed by atoms with van der Waals surface area (Å²) in [5, 5.41) is 2.69. The highest BCUT2D eigenvalue weighted by molar-refractivity contribution is 7.09. The fourth-order valence-corrected chi connectivity index (χ4v) is 3.05. The molecule has 0 atom stereocenters. The summed E-state index contributed by atoms with van der Waals surface area (Å²) >= 11 is 1.48. The molecular weight excluding hydrogens is 294 g/mol. The molecule has 0 aliphatic carbocycles. The normalized spacial score (nSPS) is 10.9. The lowest BCUT2D eigenvalue weighted by molar-refractivity contribution is -0.117. The molecule has 0 unspecified atom stereocenters. The van der Waals surface area contributed by atoms with Gasteiger partial charge in [0.05, 0.1) is 11.4 Å². The molecule has 0 N–H and O–H groups in total. The second-order valence-electron chi connectivity index (χ2n) is 6.00. The first-order chi connectivity index (χ1) is 10.5. The second kappa shape index (κ2) is 7.45. The van der Waals surface area contributed by atoms with Crippen molar-refractivity contribution in [2.24, 2.45) is 5.92 Å². The van der Waals surface area contributed by atoms with Crippen LogP contribution in [-0.2, 0) is 17.6 Å². The summed E-state index contributed by atoms with van der Waals surface area (Å²) in [6, 6.07) is 5.74. The Morgan fingerprint density at radius 2 is 2.00 bits per heavy atom. The first kappa shape index (κ1) is 16.6. The van der Waals surface area contributed by atoms with Crippen molar-refractivity contribution in [3.05, 3.63) is 51.5 Å². The molecular formula is C18H21NO2S. The molecule has 1 aromatic carbocycles. The van der Waals surface area contributed by atoms with Gasteiger partial charge >= 0.3 is 0 Å². The summed E-state index contributed by atoms with van der Waals surface area (Å²) in [7, 11) is 0. The van der Waals surface area contributed by atoms with Crippen molar-refractivity contribution >= 4 is 22.9 Å². The lowest BCUT2D eigenvalue weighted by Crippen LogP contribution is -2.12. The average molecular weight is 315 g/mol.